The maximum absolute atomic E-state index is 9.21. The Hall–Kier alpha value is -0.860. The lowest BCUT2D eigenvalue weighted by Gasteiger charge is -2.43. The summed E-state index contributed by atoms with van der Waals surface area (Å²) >= 11 is 0. The molecule has 0 spiro atoms. The van der Waals surface area contributed by atoms with Crippen molar-refractivity contribution in [3.8, 4) is 0 Å². The summed E-state index contributed by atoms with van der Waals surface area (Å²) in [7, 11) is 0. The molecule has 0 amide bonds. The van der Waals surface area contributed by atoms with Gasteiger partial charge in [-0.1, -0.05) is 17.7 Å². The van der Waals surface area contributed by atoms with Crippen LogP contribution in [0.5, 0.6) is 0 Å². The zero-order valence-corrected chi connectivity index (χ0v) is 10.3. The van der Waals surface area contributed by atoms with Gasteiger partial charge in [0, 0.05) is 12.0 Å². The van der Waals surface area contributed by atoms with Gasteiger partial charge in [0.1, 0.15) is 0 Å². The van der Waals surface area contributed by atoms with E-state index in [1.807, 2.05) is 0 Å². The lowest BCUT2D eigenvalue weighted by molar-refractivity contribution is -0.0706. The Kier molecular flexibility index (Phi) is 3.04. The largest absolute Gasteiger partial charge is 0.396 e. The molecule has 2 heteroatoms. The van der Waals surface area contributed by atoms with E-state index in [1.165, 1.54) is 22.3 Å². The van der Waals surface area contributed by atoms with Gasteiger partial charge in [0.25, 0.3) is 0 Å². The third-order valence-electron chi connectivity index (χ3n) is 3.55. The Morgan fingerprint density at radius 3 is 2.12 bits per heavy atom. The van der Waals surface area contributed by atoms with E-state index >= 15 is 0 Å². The van der Waals surface area contributed by atoms with Crippen LogP contribution in [0.1, 0.15) is 28.7 Å². The van der Waals surface area contributed by atoms with Crippen LogP contribution in [0.25, 0.3) is 0 Å². The summed E-state index contributed by atoms with van der Waals surface area (Å²) in [6, 6.07) is 4.44. The van der Waals surface area contributed by atoms with E-state index in [9.17, 15) is 5.11 Å². The van der Waals surface area contributed by atoms with E-state index in [1.54, 1.807) is 0 Å². The molecular weight excluding hydrogens is 200 g/mol. The monoisotopic (exact) mass is 220 g/mol. The molecule has 1 N–H and O–H groups in total. The average molecular weight is 220 g/mol. The number of ether oxygens (including phenoxy) is 1. The van der Waals surface area contributed by atoms with Gasteiger partial charge in [0.2, 0.25) is 0 Å². The molecule has 1 aliphatic rings. The van der Waals surface area contributed by atoms with Crippen LogP contribution in [0.4, 0.5) is 0 Å². The second-order valence-corrected chi connectivity index (χ2v) is 5.02. The van der Waals surface area contributed by atoms with Crippen molar-refractivity contribution in [1.29, 1.82) is 0 Å². The molecule has 1 saturated heterocycles. The summed E-state index contributed by atoms with van der Waals surface area (Å²) in [5.41, 5.74) is 5.41. The highest BCUT2D eigenvalue weighted by molar-refractivity contribution is 5.44. The molecule has 88 valence electrons. The van der Waals surface area contributed by atoms with Gasteiger partial charge in [-0.05, 0) is 43.9 Å². The molecule has 0 aromatic heterocycles. The third-order valence-corrected chi connectivity index (χ3v) is 3.55. The minimum absolute atomic E-state index is 0.0661. The fourth-order valence-corrected chi connectivity index (χ4v) is 2.99. The van der Waals surface area contributed by atoms with Crippen LogP contribution >= 0.6 is 0 Å². The maximum Gasteiger partial charge on any atom is 0.0586 e. The van der Waals surface area contributed by atoms with Gasteiger partial charge >= 0.3 is 0 Å². The van der Waals surface area contributed by atoms with E-state index < -0.39 is 0 Å². The quantitative estimate of drug-likeness (QED) is 0.846. The van der Waals surface area contributed by atoms with Gasteiger partial charge in [0.15, 0.2) is 0 Å². The normalized spacial score (nSPS) is 18.2. The summed E-state index contributed by atoms with van der Waals surface area (Å²) in [5.74, 6) is 0. The predicted octanol–water partition coefficient (Wildman–Crippen LogP) is 2.26. The molecule has 0 radical (unpaired) electrons. The molecule has 16 heavy (non-hydrogen) atoms. The van der Waals surface area contributed by atoms with E-state index in [4.69, 9.17) is 4.74 Å². The van der Waals surface area contributed by atoms with Crippen LogP contribution in [0.2, 0.25) is 0 Å². The molecule has 0 atom stereocenters. The summed E-state index contributed by atoms with van der Waals surface area (Å²) in [5, 5.41) is 9.21. The summed E-state index contributed by atoms with van der Waals surface area (Å²) < 4.78 is 5.37. The molecule has 1 aliphatic heterocycles. The lowest BCUT2D eigenvalue weighted by atomic mass is 9.72. The highest BCUT2D eigenvalue weighted by atomic mass is 16.5. The number of aliphatic hydroxyl groups is 1. The van der Waals surface area contributed by atoms with Crippen molar-refractivity contribution in [3.05, 3.63) is 34.4 Å². The topological polar surface area (TPSA) is 29.5 Å². The van der Waals surface area contributed by atoms with E-state index in [2.05, 4.69) is 32.9 Å². The highest BCUT2D eigenvalue weighted by Crippen LogP contribution is 2.39. The zero-order valence-electron chi connectivity index (χ0n) is 10.3. The summed E-state index contributed by atoms with van der Waals surface area (Å²) in [4.78, 5) is 0. The number of hydrogen-bond donors (Lipinski definition) is 1. The SMILES string of the molecule is Cc1cc(C)c(C2(CCO)COC2)c(C)c1. The Balaban J connectivity index is 2.46. The number of rotatable bonds is 3. The number of benzene rings is 1. The van der Waals surface area contributed by atoms with Crippen LogP contribution in [-0.4, -0.2) is 24.9 Å². The Labute approximate surface area is 97.3 Å². The summed E-state index contributed by atoms with van der Waals surface area (Å²) in [6.45, 7) is 8.17. The van der Waals surface area contributed by atoms with Crippen molar-refractivity contribution in [2.24, 2.45) is 0 Å². The zero-order chi connectivity index (χ0) is 11.8. The minimum atomic E-state index is 0.0661. The molecule has 1 aromatic rings. The molecule has 1 fully saturated rings. The van der Waals surface area contributed by atoms with Crippen molar-refractivity contribution in [2.75, 3.05) is 19.8 Å². The molecule has 0 bridgehead atoms. The van der Waals surface area contributed by atoms with E-state index in [0.717, 1.165) is 19.6 Å². The predicted molar refractivity (Wildman–Crippen MR) is 64.9 cm³/mol. The Bertz CT molecular complexity index is 369. The highest BCUT2D eigenvalue weighted by Gasteiger charge is 2.41. The van der Waals surface area contributed by atoms with Crippen LogP contribution in [-0.2, 0) is 10.2 Å². The van der Waals surface area contributed by atoms with Gasteiger partial charge in [0.05, 0.1) is 13.2 Å². The molecule has 0 aliphatic carbocycles. The van der Waals surface area contributed by atoms with E-state index in [-0.39, 0.29) is 12.0 Å². The summed E-state index contributed by atoms with van der Waals surface area (Å²) in [6.07, 6.45) is 0.803. The molecule has 1 heterocycles. The van der Waals surface area contributed by atoms with Gasteiger partial charge < -0.3 is 9.84 Å². The Morgan fingerprint density at radius 2 is 1.75 bits per heavy atom. The third kappa shape index (κ3) is 1.76. The number of aliphatic hydroxyl groups excluding tert-OH is 1. The molecule has 0 unspecified atom stereocenters. The van der Waals surface area contributed by atoms with Crippen molar-refractivity contribution in [2.45, 2.75) is 32.6 Å². The second kappa shape index (κ2) is 4.19. The molecule has 2 nitrogen and oxygen atoms in total. The smallest absolute Gasteiger partial charge is 0.0586 e. The van der Waals surface area contributed by atoms with Gasteiger partial charge in [-0.25, -0.2) is 0 Å². The lowest BCUT2D eigenvalue weighted by Crippen LogP contribution is -2.48. The van der Waals surface area contributed by atoms with Gasteiger partial charge in [-0.3, -0.25) is 0 Å². The number of aryl methyl sites for hydroxylation is 3. The molecule has 2 rings (SSSR count). The van der Waals surface area contributed by atoms with Gasteiger partial charge in [-0.2, -0.15) is 0 Å². The van der Waals surface area contributed by atoms with Gasteiger partial charge in [-0.15, -0.1) is 0 Å². The first-order chi connectivity index (χ1) is 7.59. The maximum atomic E-state index is 9.21. The molecular formula is C14H20O2. The van der Waals surface area contributed by atoms with Crippen LogP contribution in [0.15, 0.2) is 12.1 Å². The first-order valence-electron chi connectivity index (χ1n) is 5.86. The van der Waals surface area contributed by atoms with Crippen molar-refractivity contribution in [1.82, 2.24) is 0 Å². The number of hydrogen-bond acceptors (Lipinski definition) is 2. The Morgan fingerprint density at radius 1 is 1.19 bits per heavy atom. The first kappa shape index (κ1) is 11.6. The molecule has 0 saturated carbocycles. The molecule has 1 aromatic carbocycles. The fourth-order valence-electron chi connectivity index (χ4n) is 2.99. The van der Waals surface area contributed by atoms with Crippen LogP contribution < -0.4 is 0 Å². The fraction of sp³-hybridized carbons (Fsp3) is 0.571. The minimum Gasteiger partial charge on any atom is -0.396 e. The first-order valence-corrected chi connectivity index (χ1v) is 5.86. The van der Waals surface area contributed by atoms with Crippen molar-refractivity contribution < 1.29 is 9.84 Å². The van der Waals surface area contributed by atoms with Crippen molar-refractivity contribution in [3.63, 3.8) is 0 Å². The van der Waals surface area contributed by atoms with Crippen molar-refractivity contribution >= 4 is 0 Å². The van der Waals surface area contributed by atoms with E-state index in [0.29, 0.717) is 0 Å². The average Bonchev–Trinajstić information content (AvgIpc) is 2.12. The van der Waals surface area contributed by atoms with Crippen LogP contribution in [0, 0.1) is 20.8 Å². The standard InChI is InChI=1S/C14H20O2/c1-10-6-11(2)13(12(3)7-10)14(4-5-15)8-16-9-14/h6-7,15H,4-5,8-9H2,1-3H3. The van der Waals surface area contributed by atoms with Crippen LogP contribution in [0.3, 0.4) is 0 Å². The second-order valence-electron chi connectivity index (χ2n) is 5.02.